The molecule has 0 aromatic rings. The van der Waals surface area contributed by atoms with Gasteiger partial charge in [0.1, 0.15) is 0 Å². The third-order valence-corrected chi connectivity index (χ3v) is 4.24. The summed E-state index contributed by atoms with van der Waals surface area (Å²) in [6.45, 7) is 2.52. The van der Waals surface area contributed by atoms with Crippen LogP contribution in [0, 0.1) is 11.3 Å². The third-order valence-electron chi connectivity index (χ3n) is 3.16. The molecule has 1 aliphatic rings. The van der Waals surface area contributed by atoms with Crippen molar-refractivity contribution in [1.29, 1.82) is 0 Å². The van der Waals surface area contributed by atoms with E-state index in [1.54, 1.807) is 0 Å². The van der Waals surface area contributed by atoms with Crippen LogP contribution in [0.4, 0.5) is 0 Å². The highest BCUT2D eigenvalue weighted by Crippen LogP contribution is 2.49. The second-order valence-electron chi connectivity index (χ2n) is 4.73. The summed E-state index contributed by atoms with van der Waals surface area (Å²) in [7, 11) is -3.92. The van der Waals surface area contributed by atoms with E-state index in [-0.39, 0.29) is 11.6 Å². The molecule has 0 aliphatic heterocycles. The molecule has 4 N–H and O–H groups in total. The minimum Gasteiger partial charge on any atom is -0.330 e. The van der Waals surface area contributed by atoms with Crippen LogP contribution in [-0.2, 0) is 4.57 Å². The Morgan fingerprint density at radius 2 is 2.21 bits per heavy atom. The van der Waals surface area contributed by atoms with Crippen molar-refractivity contribution in [3.63, 3.8) is 0 Å². The molecule has 0 spiro atoms. The van der Waals surface area contributed by atoms with Crippen LogP contribution in [-0.4, -0.2) is 22.5 Å². The van der Waals surface area contributed by atoms with Crippen molar-refractivity contribution in [3.8, 4) is 0 Å². The van der Waals surface area contributed by atoms with Gasteiger partial charge in [-0.15, -0.1) is 0 Å². The molecule has 84 valence electrons. The fourth-order valence-corrected chi connectivity index (χ4v) is 3.89. The van der Waals surface area contributed by atoms with Crippen LogP contribution in [0.5, 0.6) is 0 Å². The Morgan fingerprint density at radius 1 is 1.57 bits per heavy atom. The molecule has 0 bridgehead atoms. The lowest BCUT2D eigenvalue weighted by molar-refractivity contribution is 0.171. The molecule has 5 heteroatoms. The molecule has 1 rings (SSSR count). The Morgan fingerprint density at radius 3 is 2.64 bits per heavy atom. The van der Waals surface area contributed by atoms with E-state index in [9.17, 15) is 4.57 Å². The predicted molar refractivity (Wildman–Crippen MR) is 56.0 cm³/mol. The topological polar surface area (TPSA) is 83.6 Å². The van der Waals surface area contributed by atoms with Gasteiger partial charge >= 0.3 is 7.60 Å². The molecule has 1 aliphatic carbocycles. The van der Waals surface area contributed by atoms with Crippen molar-refractivity contribution < 1.29 is 14.4 Å². The molecule has 4 nitrogen and oxygen atoms in total. The second-order valence-corrected chi connectivity index (χ2v) is 6.37. The zero-order chi connectivity index (χ0) is 10.8. The summed E-state index contributed by atoms with van der Waals surface area (Å²) in [5.41, 5.74) is 5.36. The van der Waals surface area contributed by atoms with Gasteiger partial charge in [0, 0.05) is 0 Å². The highest BCUT2D eigenvalue weighted by molar-refractivity contribution is 7.51. The lowest BCUT2D eigenvalue weighted by Crippen LogP contribution is -2.38. The number of nitrogens with two attached hydrogens (primary N) is 1. The van der Waals surface area contributed by atoms with Gasteiger partial charge < -0.3 is 15.5 Å². The van der Waals surface area contributed by atoms with E-state index < -0.39 is 7.60 Å². The largest absolute Gasteiger partial charge is 0.330 e. The number of rotatable bonds is 3. The van der Waals surface area contributed by atoms with E-state index in [1.807, 2.05) is 0 Å². The van der Waals surface area contributed by atoms with Crippen LogP contribution < -0.4 is 5.73 Å². The Hall–Kier alpha value is 0.110. The van der Waals surface area contributed by atoms with Crippen LogP contribution in [0.3, 0.4) is 0 Å². The normalized spacial score (nSPS) is 34.4. The molecule has 0 radical (unpaired) electrons. The first-order chi connectivity index (χ1) is 6.37. The van der Waals surface area contributed by atoms with Crippen molar-refractivity contribution in [2.24, 2.45) is 17.1 Å². The van der Waals surface area contributed by atoms with Crippen molar-refractivity contribution in [3.05, 3.63) is 0 Å². The van der Waals surface area contributed by atoms with E-state index in [0.717, 1.165) is 25.7 Å². The SMILES string of the molecule is C[C@@H]1CCC[C@@](CN)(CP(=O)(O)O)C1. The molecular weight excluding hydrogens is 201 g/mol. The molecule has 1 fully saturated rings. The standard InChI is InChI=1S/C9H20NO3P/c1-8-3-2-4-9(5-8,6-10)7-14(11,12)13/h8H,2-7,10H2,1H3,(H2,11,12,13)/t8-,9-/m1/s1. The van der Waals surface area contributed by atoms with Gasteiger partial charge in [-0.2, -0.15) is 0 Å². The fourth-order valence-electron chi connectivity index (χ4n) is 2.60. The van der Waals surface area contributed by atoms with E-state index in [4.69, 9.17) is 15.5 Å². The minimum absolute atomic E-state index is 0.0408. The smallest absolute Gasteiger partial charge is 0.326 e. The zero-order valence-corrected chi connectivity index (χ0v) is 9.54. The molecule has 0 amide bonds. The highest BCUT2D eigenvalue weighted by Gasteiger charge is 2.38. The van der Waals surface area contributed by atoms with Crippen molar-refractivity contribution in [1.82, 2.24) is 0 Å². The molecule has 0 aromatic heterocycles. The van der Waals surface area contributed by atoms with Crippen molar-refractivity contribution in [2.45, 2.75) is 32.6 Å². The van der Waals surface area contributed by atoms with Gasteiger partial charge in [-0.1, -0.05) is 19.8 Å². The molecular formula is C9H20NO3P. The molecule has 14 heavy (non-hydrogen) atoms. The summed E-state index contributed by atoms with van der Waals surface area (Å²) < 4.78 is 11.0. The number of hydrogen-bond donors (Lipinski definition) is 3. The van der Waals surface area contributed by atoms with E-state index in [1.165, 1.54) is 0 Å². The molecule has 0 saturated heterocycles. The van der Waals surface area contributed by atoms with E-state index in [2.05, 4.69) is 6.92 Å². The Balaban J connectivity index is 2.70. The maximum absolute atomic E-state index is 11.0. The maximum Gasteiger partial charge on any atom is 0.326 e. The Labute approximate surface area is 85.0 Å². The summed E-state index contributed by atoms with van der Waals surface area (Å²) in [4.78, 5) is 18.0. The monoisotopic (exact) mass is 221 g/mol. The summed E-state index contributed by atoms with van der Waals surface area (Å²) in [5.74, 6) is 0.541. The van der Waals surface area contributed by atoms with Gasteiger partial charge in [0.15, 0.2) is 0 Å². The highest BCUT2D eigenvalue weighted by atomic mass is 31.2. The van der Waals surface area contributed by atoms with Crippen LogP contribution in [0.25, 0.3) is 0 Å². The van der Waals surface area contributed by atoms with Crippen LogP contribution in [0.15, 0.2) is 0 Å². The van der Waals surface area contributed by atoms with Gasteiger partial charge in [0.25, 0.3) is 0 Å². The summed E-state index contributed by atoms with van der Waals surface area (Å²) in [6.07, 6.45) is 3.87. The van der Waals surface area contributed by atoms with E-state index in [0.29, 0.717) is 12.5 Å². The van der Waals surface area contributed by atoms with Gasteiger partial charge in [0.2, 0.25) is 0 Å². The molecule has 2 atom stereocenters. The lowest BCUT2D eigenvalue weighted by atomic mass is 9.71. The quantitative estimate of drug-likeness (QED) is 0.627. The van der Waals surface area contributed by atoms with Gasteiger partial charge in [0.05, 0.1) is 6.16 Å². The fraction of sp³-hybridized carbons (Fsp3) is 1.00. The first kappa shape index (κ1) is 12.2. The molecule has 0 aromatic carbocycles. The summed E-state index contributed by atoms with van der Waals surface area (Å²) in [5, 5.41) is 0. The Kier molecular flexibility index (Phi) is 3.75. The number of hydrogen-bond acceptors (Lipinski definition) is 2. The summed E-state index contributed by atoms with van der Waals surface area (Å²) in [6, 6.07) is 0. The van der Waals surface area contributed by atoms with Gasteiger partial charge in [-0.3, -0.25) is 4.57 Å². The molecule has 0 heterocycles. The van der Waals surface area contributed by atoms with Gasteiger partial charge in [-0.25, -0.2) is 0 Å². The van der Waals surface area contributed by atoms with Crippen LogP contribution >= 0.6 is 7.60 Å². The third kappa shape index (κ3) is 3.35. The lowest BCUT2D eigenvalue weighted by Gasteiger charge is -2.39. The zero-order valence-electron chi connectivity index (χ0n) is 8.65. The first-order valence-electron chi connectivity index (χ1n) is 5.12. The van der Waals surface area contributed by atoms with E-state index >= 15 is 0 Å². The van der Waals surface area contributed by atoms with Crippen LogP contribution in [0.1, 0.15) is 32.6 Å². The minimum atomic E-state index is -3.92. The maximum atomic E-state index is 11.0. The van der Waals surface area contributed by atoms with Crippen LogP contribution in [0.2, 0.25) is 0 Å². The molecule has 0 unspecified atom stereocenters. The second kappa shape index (κ2) is 4.31. The first-order valence-corrected chi connectivity index (χ1v) is 6.91. The van der Waals surface area contributed by atoms with Crippen molar-refractivity contribution in [2.75, 3.05) is 12.7 Å². The Bertz CT molecular complexity index is 240. The predicted octanol–water partition coefficient (Wildman–Crippen LogP) is 1.32. The average Bonchev–Trinajstić information content (AvgIpc) is 2.01. The van der Waals surface area contributed by atoms with Crippen molar-refractivity contribution >= 4 is 7.60 Å². The summed E-state index contributed by atoms with van der Waals surface area (Å²) >= 11 is 0. The average molecular weight is 221 g/mol. The molecule has 1 saturated carbocycles. The van der Waals surface area contributed by atoms with Gasteiger partial charge in [-0.05, 0) is 30.7 Å².